The van der Waals surface area contributed by atoms with E-state index < -0.39 is 0 Å². The lowest BCUT2D eigenvalue weighted by molar-refractivity contribution is 1.08. The Morgan fingerprint density at radius 2 is 0.654 bits per heavy atom. The second kappa shape index (κ2) is 21.4. The monoisotopic (exact) mass is 1100 g/mol. The molecule has 0 saturated carbocycles. The fourth-order valence-corrected chi connectivity index (χ4v) is 11.4. The highest BCUT2D eigenvalue weighted by atomic mass is 79.9. The number of fused-ring (bicyclic) bond motifs is 12. The molecule has 2 aliphatic rings. The maximum absolute atomic E-state index is 5.00. The molecule has 384 valence electrons. The van der Waals surface area contributed by atoms with E-state index in [9.17, 15) is 0 Å². The van der Waals surface area contributed by atoms with Gasteiger partial charge in [-0.1, -0.05) is 186 Å². The maximum atomic E-state index is 5.00. The van der Waals surface area contributed by atoms with Crippen LogP contribution in [0.25, 0.3) is 101 Å². The molecule has 0 aliphatic carbocycles. The summed E-state index contributed by atoms with van der Waals surface area (Å²) in [6.45, 7) is 0. The highest BCUT2D eigenvalue weighted by Gasteiger charge is 2.26. The zero-order valence-corrected chi connectivity index (χ0v) is 45.3. The van der Waals surface area contributed by atoms with Crippen molar-refractivity contribution in [3.05, 3.63) is 296 Å². The Bertz CT molecular complexity index is 4440. The summed E-state index contributed by atoms with van der Waals surface area (Å²) in [5.74, 6) is 1.77. The number of hydrogen-bond acceptors (Lipinski definition) is 6. The normalized spacial score (nSPS) is 11.6. The van der Waals surface area contributed by atoms with Crippen LogP contribution in [0.1, 0.15) is 0 Å². The van der Waals surface area contributed by atoms with Crippen molar-refractivity contribution in [2.75, 3.05) is 10.2 Å². The van der Waals surface area contributed by atoms with Crippen molar-refractivity contribution in [1.82, 2.24) is 29.1 Å². The summed E-state index contributed by atoms with van der Waals surface area (Å²) in [7, 11) is 0. The number of rotatable bonds is 5. The van der Waals surface area contributed by atoms with Gasteiger partial charge >= 0.3 is 0 Å². The number of anilines is 5. The molecule has 0 amide bonds. The number of para-hydroxylation sites is 6. The van der Waals surface area contributed by atoms with Crippen molar-refractivity contribution in [3.8, 4) is 78.7 Å². The van der Waals surface area contributed by atoms with Crippen LogP contribution in [0.4, 0.5) is 28.4 Å². The van der Waals surface area contributed by atoms with Crippen molar-refractivity contribution < 1.29 is 0 Å². The van der Waals surface area contributed by atoms with Crippen LogP contribution in [0.3, 0.4) is 0 Å². The molecule has 10 aromatic carbocycles. The van der Waals surface area contributed by atoms with Gasteiger partial charge in [0.1, 0.15) is 22.7 Å². The fourth-order valence-electron chi connectivity index (χ4n) is 11.1. The van der Waals surface area contributed by atoms with Crippen molar-refractivity contribution in [3.63, 3.8) is 0 Å². The lowest BCUT2D eigenvalue weighted by Gasteiger charge is -2.27. The molecule has 0 fully saturated rings. The number of imidazole rings is 2. The Morgan fingerprint density at radius 1 is 0.296 bits per heavy atom. The van der Waals surface area contributed by atoms with Crippen LogP contribution in [0.2, 0.25) is 0 Å². The molecule has 0 saturated heterocycles. The first kappa shape index (κ1) is 48.9. The summed E-state index contributed by atoms with van der Waals surface area (Å²) >= 11 is 3.48. The van der Waals surface area contributed by atoms with Crippen molar-refractivity contribution >= 4 is 66.7 Å². The predicted octanol–water partition coefficient (Wildman–Crippen LogP) is 19.1. The number of nitrogens with one attached hydrogen (secondary N) is 1. The molecule has 81 heavy (non-hydrogen) atoms. The van der Waals surface area contributed by atoms with E-state index in [2.05, 4.69) is 252 Å². The first-order valence-electron chi connectivity index (χ1n) is 26.9. The Kier molecular flexibility index (Phi) is 12.9. The lowest BCUT2D eigenvalue weighted by atomic mass is 9.95. The molecule has 2 aliphatic heterocycles. The van der Waals surface area contributed by atoms with Gasteiger partial charge in [0.15, 0.2) is 11.3 Å². The van der Waals surface area contributed by atoms with Gasteiger partial charge in [-0.25, -0.2) is 19.9 Å². The van der Waals surface area contributed by atoms with Gasteiger partial charge in [-0.05, 0) is 131 Å². The van der Waals surface area contributed by atoms with Crippen molar-refractivity contribution in [1.29, 1.82) is 0 Å². The molecule has 0 bridgehead atoms. The average Bonchev–Trinajstić information content (AvgIpc) is 4.23. The molecule has 8 nitrogen and oxygen atoms in total. The SMILES string of the molecule is Brc1ccc(-c2nc3cccnc3n2-c2ccccc2)cc1.c1ccc(-n2c(-c3ccc(N4c5ccccc5-c5ccccc5-c5ccccc54)cc3)nc3cccnc32)cc1.c1ccc2c(c1)Nc1ccccc1-c1ccccc1-2. The summed E-state index contributed by atoms with van der Waals surface area (Å²) in [5, 5.41) is 3.55. The molecule has 9 heteroatoms. The number of benzene rings is 10. The summed E-state index contributed by atoms with van der Waals surface area (Å²) in [5.41, 5.74) is 23.4. The number of hydrogen-bond donors (Lipinski definition) is 1. The largest absolute Gasteiger partial charge is 0.355 e. The van der Waals surface area contributed by atoms with Crippen LogP contribution in [0, 0.1) is 0 Å². The fraction of sp³-hybridized carbons (Fsp3) is 0. The summed E-state index contributed by atoms with van der Waals surface area (Å²) in [6, 6.07) is 96.8. The van der Waals surface area contributed by atoms with E-state index in [1.807, 2.05) is 79.0 Å². The van der Waals surface area contributed by atoms with Crippen LogP contribution in [0.15, 0.2) is 296 Å². The smallest absolute Gasteiger partial charge is 0.164 e. The minimum atomic E-state index is 0.848. The molecule has 14 aromatic rings. The second-order valence-electron chi connectivity index (χ2n) is 19.6. The molecule has 6 heterocycles. The van der Waals surface area contributed by atoms with Crippen LogP contribution in [0.5, 0.6) is 0 Å². The molecule has 1 N–H and O–H groups in total. The number of aromatic nitrogens is 6. The third-order valence-corrected chi connectivity index (χ3v) is 15.3. The Hall–Kier alpha value is -10.5. The number of halogens is 1. The first-order valence-corrected chi connectivity index (χ1v) is 27.7. The minimum Gasteiger partial charge on any atom is -0.355 e. The van der Waals surface area contributed by atoms with Gasteiger partial charge in [0.2, 0.25) is 0 Å². The van der Waals surface area contributed by atoms with Crippen molar-refractivity contribution in [2.24, 2.45) is 0 Å². The van der Waals surface area contributed by atoms with E-state index in [-0.39, 0.29) is 0 Å². The highest BCUT2D eigenvalue weighted by Crippen LogP contribution is 2.51. The second-order valence-corrected chi connectivity index (χ2v) is 20.6. The summed E-state index contributed by atoms with van der Waals surface area (Å²) in [4.78, 5) is 21.3. The van der Waals surface area contributed by atoms with E-state index in [1.165, 1.54) is 55.9 Å². The van der Waals surface area contributed by atoms with Gasteiger partial charge in [-0.2, -0.15) is 0 Å². The Morgan fingerprint density at radius 3 is 1.10 bits per heavy atom. The summed E-state index contributed by atoms with van der Waals surface area (Å²) in [6.07, 6.45) is 3.62. The van der Waals surface area contributed by atoms with Gasteiger partial charge in [0.05, 0.1) is 11.4 Å². The molecule has 0 spiro atoms. The highest BCUT2D eigenvalue weighted by molar-refractivity contribution is 9.10. The van der Waals surface area contributed by atoms with Gasteiger partial charge < -0.3 is 10.2 Å². The zero-order valence-electron chi connectivity index (χ0n) is 43.7. The average molecular weight is 1110 g/mol. The predicted molar refractivity (Wildman–Crippen MR) is 336 cm³/mol. The van der Waals surface area contributed by atoms with Crippen LogP contribution in [-0.4, -0.2) is 29.1 Å². The zero-order chi connectivity index (χ0) is 54.1. The van der Waals surface area contributed by atoms with E-state index in [0.717, 1.165) is 78.0 Å². The van der Waals surface area contributed by atoms with Crippen molar-refractivity contribution in [2.45, 2.75) is 0 Å². The topological polar surface area (TPSA) is 76.7 Å². The lowest BCUT2D eigenvalue weighted by Crippen LogP contribution is -2.10. The molecular weight excluding hydrogens is 1060 g/mol. The van der Waals surface area contributed by atoms with Crippen LogP contribution < -0.4 is 10.2 Å². The molecule has 16 rings (SSSR count). The van der Waals surface area contributed by atoms with Crippen LogP contribution >= 0.6 is 15.9 Å². The molecule has 0 radical (unpaired) electrons. The van der Waals surface area contributed by atoms with Gasteiger partial charge in [0, 0.05) is 78.7 Å². The minimum absolute atomic E-state index is 0.848. The van der Waals surface area contributed by atoms with E-state index in [1.54, 1.807) is 6.20 Å². The number of nitrogens with zero attached hydrogens (tertiary/aromatic N) is 7. The van der Waals surface area contributed by atoms with Gasteiger partial charge in [-0.3, -0.25) is 9.13 Å². The van der Waals surface area contributed by atoms with Crippen LogP contribution in [-0.2, 0) is 0 Å². The molecule has 0 atom stereocenters. The Balaban J connectivity index is 0.000000121. The van der Waals surface area contributed by atoms with E-state index in [0.29, 0.717) is 0 Å². The van der Waals surface area contributed by atoms with E-state index >= 15 is 0 Å². The first-order chi connectivity index (χ1) is 40.1. The molecule has 0 unspecified atom stereocenters. The number of pyridine rings is 2. The van der Waals surface area contributed by atoms with Gasteiger partial charge in [0.25, 0.3) is 0 Å². The quantitative estimate of drug-likeness (QED) is 0.185. The maximum Gasteiger partial charge on any atom is 0.164 e. The molecular formula is C72H49BrN8. The Labute approximate surface area is 477 Å². The third-order valence-electron chi connectivity index (χ3n) is 14.8. The third kappa shape index (κ3) is 9.21. The molecule has 4 aromatic heterocycles. The van der Waals surface area contributed by atoms with E-state index in [4.69, 9.17) is 9.97 Å². The standard InChI is InChI=1S/C36H24N4.C18H12BrN3.C18H13N/c1-2-11-26(12-3-1)40-35(38-32-17-10-24-37-36(32)40)25-20-22-27(23-21-25)39-33-18-8-6-15-30(33)28-13-4-5-14-29(28)31-16-7-9-19-34(31)39;19-14-10-8-13(9-11-14)17-21-16-7-4-12-20-18(16)22(17)15-5-2-1-3-6-15;1-2-8-14-13(7-1)15-9-3-5-11-17(15)19-18-12-6-4-10-16(14)18/h1-24H;1-12H;1-12,19H. The summed E-state index contributed by atoms with van der Waals surface area (Å²) < 4.78 is 5.28. The van der Waals surface area contributed by atoms with Gasteiger partial charge in [-0.15, -0.1) is 0 Å².